The summed E-state index contributed by atoms with van der Waals surface area (Å²) in [6, 6.07) is 0. The van der Waals surface area contributed by atoms with Crippen LogP contribution in [0.25, 0.3) is 5.76 Å². The minimum absolute atomic E-state index is 0.00278. The Morgan fingerprint density at radius 2 is 1.79 bits per heavy atom. The molecule has 1 saturated carbocycles. The summed E-state index contributed by atoms with van der Waals surface area (Å²) in [4.78, 5) is 39.4. The van der Waals surface area contributed by atoms with Gasteiger partial charge in [-0.05, 0) is 11.5 Å². The van der Waals surface area contributed by atoms with E-state index in [-0.39, 0.29) is 16.3 Å². The first-order valence-electron chi connectivity index (χ1n) is 10.4. The van der Waals surface area contributed by atoms with E-state index in [0.717, 1.165) is 0 Å². The van der Waals surface area contributed by atoms with Gasteiger partial charge in [0.05, 0.1) is 28.1 Å². The molecule has 12 heteroatoms. The third-order valence-electron chi connectivity index (χ3n) is 7.16. The van der Waals surface area contributed by atoms with Gasteiger partial charge in [0.1, 0.15) is 17.1 Å². The molecule has 0 saturated heterocycles. The minimum Gasteiger partial charge on any atom is -0.508 e. The fraction of sp³-hybridized carbons (Fsp3) is 0.409. The van der Waals surface area contributed by atoms with Crippen LogP contribution in [0.5, 0.6) is 5.75 Å². The van der Waals surface area contributed by atoms with Crippen molar-refractivity contribution in [2.24, 2.45) is 17.6 Å². The van der Waals surface area contributed by atoms with Gasteiger partial charge in [0.2, 0.25) is 5.78 Å². The lowest BCUT2D eigenvalue weighted by Gasteiger charge is -2.50. The van der Waals surface area contributed by atoms with Crippen LogP contribution >= 0.6 is 11.6 Å². The number of aliphatic hydroxyl groups excluding tert-OH is 3. The number of halogens is 1. The average molecular weight is 494 g/mol. The SMILES string of the molecule is C[C@H]1c2c(c(O)c(N)c(Cl)c2N(C)C)C(O)=C2C(=O)[C@]3(O)C(O)=C(C(N)=O)C(=O)C[C@@H]3[C@H](O)[C@@H]21. The van der Waals surface area contributed by atoms with Crippen molar-refractivity contribution in [1.82, 2.24) is 0 Å². The maximum Gasteiger partial charge on any atom is 0.255 e. The molecular formula is C22H24ClN3O8. The number of phenols is 1. The zero-order valence-corrected chi connectivity index (χ0v) is 19.2. The van der Waals surface area contributed by atoms with Gasteiger partial charge in [-0.2, -0.15) is 0 Å². The second-order valence-corrected chi connectivity index (χ2v) is 9.47. The first-order valence-corrected chi connectivity index (χ1v) is 10.7. The number of Topliss-reactive ketones (excluding diaryl/α,β-unsaturated/α-hetero) is 2. The van der Waals surface area contributed by atoms with Crippen molar-refractivity contribution in [2.45, 2.75) is 31.0 Å². The molecule has 0 spiro atoms. The number of fused-ring (bicyclic) bond motifs is 3. The highest BCUT2D eigenvalue weighted by Gasteiger charge is 2.65. The van der Waals surface area contributed by atoms with Crippen molar-refractivity contribution >= 4 is 46.2 Å². The van der Waals surface area contributed by atoms with Crippen LogP contribution in [0.2, 0.25) is 5.02 Å². The monoisotopic (exact) mass is 493 g/mol. The number of carbonyl (C=O) groups is 3. The van der Waals surface area contributed by atoms with Crippen LogP contribution in [0.3, 0.4) is 0 Å². The average Bonchev–Trinajstić information content (AvgIpc) is 2.74. The van der Waals surface area contributed by atoms with Gasteiger partial charge in [0, 0.05) is 37.9 Å². The number of primary amides is 1. The molecule has 3 aliphatic carbocycles. The summed E-state index contributed by atoms with van der Waals surface area (Å²) in [5, 5.41) is 55.1. The molecule has 182 valence electrons. The summed E-state index contributed by atoms with van der Waals surface area (Å²) in [5.74, 6) is -9.63. The van der Waals surface area contributed by atoms with Crippen molar-refractivity contribution in [1.29, 1.82) is 0 Å². The van der Waals surface area contributed by atoms with Crippen LogP contribution in [-0.4, -0.2) is 68.8 Å². The van der Waals surface area contributed by atoms with E-state index in [0.29, 0.717) is 11.3 Å². The molecule has 0 bridgehead atoms. The number of amides is 1. The van der Waals surface area contributed by atoms with Gasteiger partial charge >= 0.3 is 0 Å². The molecule has 0 aliphatic heterocycles. The number of ketones is 2. The Balaban J connectivity index is 2.09. The Kier molecular flexibility index (Phi) is 5.16. The van der Waals surface area contributed by atoms with E-state index in [1.807, 2.05) is 0 Å². The van der Waals surface area contributed by atoms with Gasteiger partial charge in [0.15, 0.2) is 17.1 Å². The number of nitrogens with zero attached hydrogens (tertiary/aromatic N) is 1. The van der Waals surface area contributed by atoms with Gasteiger partial charge in [-0.3, -0.25) is 14.4 Å². The zero-order valence-electron chi connectivity index (χ0n) is 18.5. The van der Waals surface area contributed by atoms with Gasteiger partial charge < -0.3 is 41.9 Å². The number of benzene rings is 1. The molecular weight excluding hydrogens is 470 g/mol. The Bertz CT molecular complexity index is 1250. The molecule has 3 aliphatic rings. The van der Waals surface area contributed by atoms with Gasteiger partial charge in [0.25, 0.3) is 5.91 Å². The second-order valence-electron chi connectivity index (χ2n) is 9.09. The summed E-state index contributed by atoms with van der Waals surface area (Å²) in [6.45, 7) is 1.62. The third-order valence-corrected chi connectivity index (χ3v) is 7.55. The molecule has 9 N–H and O–H groups in total. The highest BCUT2D eigenvalue weighted by molar-refractivity contribution is 6.36. The summed E-state index contributed by atoms with van der Waals surface area (Å²) in [5.41, 5.74) is 6.93. The van der Waals surface area contributed by atoms with Crippen LogP contribution < -0.4 is 16.4 Å². The largest absolute Gasteiger partial charge is 0.508 e. The van der Waals surface area contributed by atoms with Crippen molar-refractivity contribution < 1.29 is 39.9 Å². The minimum atomic E-state index is -2.90. The smallest absolute Gasteiger partial charge is 0.255 e. The maximum atomic E-state index is 13.6. The molecule has 1 amide bonds. The number of rotatable bonds is 2. The number of hydrogen-bond acceptors (Lipinski definition) is 10. The fourth-order valence-corrected chi connectivity index (χ4v) is 5.96. The molecule has 0 aromatic heterocycles. The third kappa shape index (κ3) is 2.68. The number of aliphatic hydroxyl groups is 4. The van der Waals surface area contributed by atoms with Crippen LogP contribution in [-0.2, 0) is 14.4 Å². The lowest BCUT2D eigenvalue weighted by atomic mass is 9.55. The highest BCUT2D eigenvalue weighted by atomic mass is 35.5. The van der Waals surface area contributed by atoms with Gasteiger partial charge in [-0.25, -0.2) is 0 Å². The Morgan fingerprint density at radius 1 is 1.21 bits per heavy atom. The summed E-state index contributed by atoms with van der Waals surface area (Å²) in [6.07, 6.45) is -2.28. The molecule has 1 aromatic rings. The van der Waals surface area contributed by atoms with E-state index in [4.69, 9.17) is 23.1 Å². The molecule has 1 fully saturated rings. The molecule has 5 atom stereocenters. The maximum absolute atomic E-state index is 13.6. The van der Waals surface area contributed by atoms with E-state index in [1.54, 1.807) is 25.9 Å². The fourth-order valence-electron chi connectivity index (χ4n) is 5.60. The van der Waals surface area contributed by atoms with Crippen molar-refractivity contribution in [3.63, 3.8) is 0 Å². The normalized spacial score (nSPS) is 30.6. The van der Waals surface area contributed by atoms with Gasteiger partial charge in [-0.15, -0.1) is 0 Å². The van der Waals surface area contributed by atoms with E-state index >= 15 is 0 Å². The van der Waals surface area contributed by atoms with Crippen LogP contribution in [0.1, 0.15) is 30.4 Å². The molecule has 11 nitrogen and oxygen atoms in total. The zero-order chi connectivity index (χ0) is 25.6. The number of anilines is 2. The van der Waals surface area contributed by atoms with E-state index in [2.05, 4.69) is 0 Å². The number of nitrogen functional groups attached to an aromatic ring is 1. The number of carbonyl (C=O) groups excluding carboxylic acids is 3. The predicted molar refractivity (Wildman–Crippen MR) is 121 cm³/mol. The van der Waals surface area contributed by atoms with Crippen molar-refractivity contribution in [2.75, 3.05) is 24.7 Å². The molecule has 0 heterocycles. The Hall–Kier alpha value is -3.28. The quantitative estimate of drug-likeness (QED) is 0.170. The first kappa shape index (κ1) is 23.9. The van der Waals surface area contributed by atoms with Crippen LogP contribution in [0.4, 0.5) is 11.4 Å². The molecule has 1 aromatic carbocycles. The predicted octanol–water partition coefficient (Wildman–Crippen LogP) is 0.257. The van der Waals surface area contributed by atoms with E-state index in [1.165, 1.54) is 0 Å². The molecule has 34 heavy (non-hydrogen) atoms. The van der Waals surface area contributed by atoms with E-state index in [9.17, 15) is 39.9 Å². The Labute approximate surface area is 198 Å². The standard InChI is InChI=1S/C22H24ClN3O8/c1-5-8-11(18(30)14(24)13(23)15(8)26(2)3)17(29)12-9(5)16(28)6-4-7(27)10(21(25)33)19(31)22(6,34)20(12)32/h5-6,9,16,28-31,34H,4,24H2,1-3H3,(H2,25,33)/t5-,6+,9+,16-,22+/m0/s1. The summed E-state index contributed by atoms with van der Waals surface area (Å²) < 4.78 is 0. The van der Waals surface area contributed by atoms with Crippen molar-refractivity contribution in [3.8, 4) is 5.75 Å². The highest BCUT2D eigenvalue weighted by Crippen LogP contribution is 2.59. The second kappa shape index (κ2) is 7.36. The Morgan fingerprint density at radius 3 is 2.32 bits per heavy atom. The molecule has 0 radical (unpaired) electrons. The molecule has 0 unspecified atom stereocenters. The van der Waals surface area contributed by atoms with Crippen molar-refractivity contribution in [3.05, 3.63) is 33.1 Å². The number of hydrogen-bond donors (Lipinski definition) is 7. The topological polar surface area (TPSA) is 208 Å². The lowest BCUT2D eigenvalue weighted by Crippen LogP contribution is -2.64. The lowest BCUT2D eigenvalue weighted by molar-refractivity contribution is -0.160. The number of nitrogens with two attached hydrogens (primary N) is 2. The number of phenolic OH excluding ortho intramolecular Hbond substituents is 1. The number of aromatic hydroxyl groups is 1. The first-order chi connectivity index (χ1) is 15.7. The van der Waals surface area contributed by atoms with E-state index < -0.39 is 81.8 Å². The van der Waals surface area contributed by atoms with Gasteiger partial charge in [-0.1, -0.05) is 18.5 Å². The summed E-state index contributed by atoms with van der Waals surface area (Å²) in [7, 11) is 3.30. The summed E-state index contributed by atoms with van der Waals surface area (Å²) >= 11 is 6.38. The molecule has 4 rings (SSSR count). The van der Waals surface area contributed by atoms with Crippen LogP contribution in [0, 0.1) is 11.8 Å². The van der Waals surface area contributed by atoms with Crippen LogP contribution in [0.15, 0.2) is 16.9 Å².